The Morgan fingerprint density at radius 1 is 1.20 bits per heavy atom. The van der Waals surface area contributed by atoms with E-state index in [1.165, 1.54) is 12.1 Å². The minimum Gasteiger partial charge on any atom is -0.455 e. The molecule has 6 heteroatoms. The first kappa shape index (κ1) is 17.9. The number of hydrogen-bond donors (Lipinski definition) is 1. The summed E-state index contributed by atoms with van der Waals surface area (Å²) in [5.74, 6) is -1.06. The van der Waals surface area contributed by atoms with E-state index in [-0.39, 0.29) is 24.4 Å². The average Bonchev–Trinajstić information content (AvgIpc) is 3.30. The molecule has 1 aromatic carbocycles. The second-order valence-corrected chi connectivity index (χ2v) is 6.81. The van der Waals surface area contributed by atoms with E-state index in [2.05, 4.69) is 5.32 Å². The van der Waals surface area contributed by atoms with Crippen molar-refractivity contribution in [3.8, 4) is 0 Å². The number of rotatable bonds is 6. The Labute approximate surface area is 146 Å². The number of ether oxygens (including phenoxy) is 2. The van der Waals surface area contributed by atoms with E-state index in [0.717, 1.165) is 37.9 Å². The van der Waals surface area contributed by atoms with Crippen LogP contribution in [0.3, 0.4) is 0 Å². The molecule has 1 N–H and O–H groups in total. The van der Waals surface area contributed by atoms with E-state index >= 15 is 0 Å². The monoisotopic (exact) mass is 349 g/mol. The number of hydrogen-bond acceptors (Lipinski definition) is 4. The van der Waals surface area contributed by atoms with Crippen LogP contribution in [0, 0.1) is 5.82 Å². The van der Waals surface area contributed by atoms with E-state index < -0.39 is 11.4 Å². The summed E-state index contributed by atoms with van der Waals surface area (Å²) in [6.45, 7) is 0.879. The standard InChI is InChI=1S/C19H24FNO4/c20-15-7-5-14(6-8-15)19(9-1-2-10-19)18(23)25-13-17(22)21-12-16-4-3-11-24-16/h5-8,16H,1-4,9-13H2,(H,21,22)/t16-/m0/s1. The summed E-state index contributed by atoms with van der Waals surface area (Å²) < 4.78 is 23.9. The maximum atomic E-state index is 13.2. The lowest BCUT2D eigenvalue weighted by Gasteiger charge is -2.27. The van der Waals surface area contributed by atoms with Crippen molar-refractivity contribution >= 4 is 11.9 Å². The lowest BCUT2D eigenvalue weighted by molar-refractivity contribution is -0.154. The summed E-state index contributed by atoms with van der Waals surface area (Å²) in [5.41, 5.74) is -0.00103. The van der Waals surface area contributed by atoms with Crippen molar-refractivity contribution in [3.63, 3.8) is 0 Å². The SMILES string of the molecule is O=C(COC(=O)C1(c2ccc(F)cc2)CCCC1)NC[C@@H]1CCCO1. The van der Waals surface area contributed by atoms with Crippen molar-refractivity contribution in [2.45, 2.75) is 50.0 Å². The number of carbonyl (C=O) groups excluding carboxylic acids is 2. The van der Waals surface area contributed by atoms with Gasteiger partial charge in [0.2, 0.25) is 0 Å². The lowest BCUT2D eigenvalue weighted by atomic mass is 9.79. The summed E-state index contributed by atoms with van der Waals surface area (Å²) >= 11 is 0. The molecular weight excluding hydrogens is 325 g/mol. The topological polar surface area (TPSA) is 64.6 Å². The van der Waals surface area contributed by atoms with Crippen molar-refractivity contribution in [2.75, 3.05) is 19.8 Å². The molecule has 2 fully saturated rings. The Morgan fingerprint density at radius 2 is 1.92 bits per heavy atom. The predicted octanol–water partition coefficient (Wildman–Crippen LogP) is 2.48. The zero-order valence-electron chi connectivity index (χ0n) is 14.3. The van der Waals surface area contributed by atoms with E-state index in [4.69, 9.17) is 9.47 Å². The molecule has 0 aromatic heterocycles. The van der Waals surface area contributed by atoms with E-state index in [9.17, 15) is 14.0 Å². The van der Waals surface area contributed by atoms with Gasteiger partial charge >= 0.3 is 5.97 Å². The first-order valence-electron chi connectivity index (χ1n) is 8.92. The summed E-state index contributed by atoms with van der Waals surface area (Å²) in [7, 11) is 0. The number of nitrogens with one attached hydrogen (secondary N) is 1. The van der Waals surface area contributed by atoms with Gasteiger partial charge in [-0.25, -0.2) is 4.39 Å². The Bertz CT molecular complexity index is 604. The van der Waals surface area contributed by atoms with Crippen LogP contribution in [-0.4, -0.2) is 37.7 Å². The molecule has 1 heterocycles. The first-order chi connectivity index (χ1) is 12.1. The smallest absolute Gasteiger partial charge is 0.317 e. The second-order valence-electron chi connectivity index (χ2n) is 6.81. The van der Waals surface area contributed by atoms with Crippen molar-refractivity contribution in [3.05, 3.63) is 35.6 Å². The number of esters is 1. The average molecular weight is 349 g/mol. The molecule has 1 aliphatic carbocycles. The highest BCUT2D eigenvalue weighted by atomic mass is 19.1. The maximum Gasteiger partial charge on any atom is 0.317 e. The van der Waals surface area contributed by atoms with Gasteiger partial charge in [0.25, 0.3) is 5.91 Å². The van der Waals surface area contributed by atoms with Gasteiger partial charge in [-0.1, -0.05) is 25.0 Å². The van der Waals surface area contributed by atoms with Gasteiger partial charge in [-0.05, 0) is 43.4 Å². The molecular formula is C19H24FNO4. The Morgan fingerprint density at radius 3 is 2.56 bits per heavy atom. The van der Waals surface area contributed by atoms with Crippen molar-refractivity contribution < 1.29 is 23.5 Å². The third-order valence-corrected chi connectivity index (χ3v) is 5.13. The fourth-order valence-electron chi connectivity index (χ4n) is 3.71. The highest BCUT2D eigenvalue weighted by Gasteiger charge is 2.44. The quantitative estimate of drug-likeness (QED) is 0.802. The molecule has 1 atom stereocenters. The number of benzene rings is 1. The lowest BCUT2D eigenvalue weighted by Crippen LogP contribution is -2.39. The second kappa shape index (κ2) is 7.95. The summed E-state index contributed by atoms with van der Waals surface area (Å²) in [5, 5.41) is 2.74. The molecule has 0 unspecified atom stereocenters. The van der Waals surface area contributed by atoms with Crippen molar-refractivity contribution in [2.24, 2.45) is 0 Å². The van der Waals surface area contributed by atoms with Gasteiger partial charge in [0.05, 0.1) is 11.5 Å². The van der Waals surface area contributed by atoms with E-state index in [0.29, 0.717) is 19.4 Å². The summed E-state index contributed by atoms with van der Waals surface area (Å²) in [6, 6.07) is 5.99. The number of carbonyl (C=O) groups is 2. The third kappa shape index (κ3) is 4.18. The summed E-state index contributed by atoms with van der Waals surface area (Å²) in [4.78, 5) is 24.6. The molecule has 0 radical (unpaired) electrons. The molecule has 2 aliphatic rings. The van der Waals surface area contributed by atoms with Gasteiger partial charge in [0.1, 0.15) is 5.82 Å². The fraction of sp³-hybridized carbons (Fsp3) is 0.579. The van der Waals surface area contributed by atoms with Crippen LogP contribution in [0.15, 0.2) is 24.3 Å². The fourth-order valence-corrected chi connectivity index (χ4v) is 3.71. The molecule has 5 nitrogen and oxygen atoms in total. The molecule has 0 spiro atoms. The van der Waals surface area contributed by atoms with Gasteiger partial charge in [-0.3, -0.25) is 9.59 Å². The number of halogens is 1. The molecule has 1 saturated carbocycles. The van der Waals surface area contributed by atoms with Crippen LogP contribution in [0.2, 0.25) is 0 Å². The van der Waals surface area contributed by atoms with Crippen LogP contribution in [0.5, 0.6) is 0 Å². The molecule has 1 aliphatic heterocycles. The van der Waals surface area contributed by atoms with Crippen LogP contribution in [0.4, 0.5) is 4.39 Å². The van der Waals surface area contributed by atoms with Gasteiger partial charge in [-0.15, -0.1) is 0 Å². The van der Waals surface area contributed by atoms with Crippen LogP contribution in [0.25, 0.3) is 0 Å². The molecule has 1 aromatic rings. The van der Waals surface area contributed by atoms with Crippen LogP contribution in [0.1, 0.15) is 44.1 Å². The Balaban J connectivity index is 1.56. The molecule has 136 valence electrons. The predicted molar refractivity (Wildman–Crippen MR) is 89.5 cm³/mol. The van der Waals surface area contributed by atoms with Gasteiger partial charge in [-0.2, -0.15) is 0 Å². The van der Waals surface area contributed by atoms with Gasteiger partial charge in [0.15, 0.2) is 6.61 Å². The minimum absolute atomic E-state index is 0.0556. The van der Waals surface area contributed by atoms with E-state index in [1.807, 2.05) is 0 Å². The highest BCUT2D eigenvalue weighted by Crippen LogP contribution is 2.42. The number of amides is 1. The normalized spacial score (nSPS) is 21.9. The zero-order chi connectivity index (χ0) is 17.7. The molecule has 1 amide bonds. The Hall–Kier alpha value is -1.95. The molecule has 3 rings (SSSR count). The van der Waals surface area contributed by atoms with Crippen molar-refractivity contribution in [1.29, 1.82) is 0 Å². The third-order valence-electron chi connectivity index (χ3n) is 5.13. The van der Waals surface area contributed by atoms with Crippen LogP contribution >= 0.6 is 0 Å². The molecule has 25 heavy (non-hydrogen) atoms. The largest absolute Gasteiger partial charge is 0.455 e. The summed E-state index contributed by atoms with van der Waals surface area (Å²) in [6.07, 6.45) is 5.16. The Kier molecular flexibility index (Phi) is 5.68. The maximum absolute atomic E-state index is 13.2. The minimum atomic E-state index is -0.761. The van der Waals surface area contributed by atoms with E-state index in [1.54, 1.807) is 12.1 Å². The van der Waals surface area contributed by atoms with Crippen molar-refractivity contribution in [1.82, 2.24) is 5.32 Å². The molecule has 0 bridgehead atoms. The van der Waals surface area contributed by atoms with Gasteiger partial charge < -0.3 is 14.8 Å². The van der Waals surface area contributed by atoms with Gasteiger partial charge in [0, 0.05) is 13.2 Å². The van der Waals surface area contributed by atoms with Crippen LogP contribution < -0.4 is 5.32 Å². The van der Waals surface area contributed by atoms with Crippen LogP contribution in [-0.2, 0) is 24.5 Å². The highest BCUT2D eigenvalue weighted by molar-refractivity contribution is 5.86. The first-order valence-corrected chi connectivity index (χ1v) is 8.92. The zero-order valence-corrected chi connectivity index (χ0v) is 14.3. The molecule has 1 saturated heterocycles.